The van der Waals surface area contributed by atoms with E-state index in [0.29, 0.717) is 60.3 Å². The third-order valence-corrected chi connectivity index (χ3v) is 6.58. The van der Waals surface area contributed by atoms with Crippen molar-refractivity contribution in [2.75, 3.05) is 37.1 Å². The summed E-state index contributed by atoms with van der Waals surface area (Å²) in [6, 6.07) is 6.25. The van der Waals surface area contributed by atoms with Gasteiger partial charge in [-0.25, -0.2) is 28.9 Å². The first kappa shape index (κ1) is 35.0. The summed E-state index contributed by atoms with van der Waals surface area (Å²) in [5.41, 5.74) is 0.000766. The normalized spacial score (nSPS) is 12.5. The Kier molecular flexibility index (Phi) is 11.0. The summed E-state index contributed by atoms with van der Waals surface area (Å²) >= 11 is 0. The Morgan fingerprint density at radius 3 is 2.38 bits per heavy atom. The number of amides is 3. The van der Waals surface area contributed by atoms with Crippen LogP contribution in [-0.2, 0) is 27.2 Å². The topological polar surface area (TPSA) is 154 Å². The van der Waals surface area contributed by atoms with E-state index in [0.717, 1.165) is 5.56 Å². The Labute approximate surface area is 273 Å². The van der Waals surface area contributed by atoms with Crippen molar-refractivity contribution in [1.29, 1.82) is 0 Å². The van der Waals surface area contributed by atoms with Crippen molar-refractivity contribution in [3.8, 4) is 17.0 Å². The molecule has 0 saturated carbocycles. The van der Waals surface area contributed by atoms with Crippen molar-refractivity contribution >= 4 is 29.9 Å². The Balaban J connectivity index is 1.58. The van der Waals surface area contributed by atoms with Crippen LogP contribution in [0.4, 0.5) is 25.7 Å². The molecule has 0 unspecified atom stereocenters. The van der Waals surface area contributed by atoms with E-state index in [9.17, 15) is 14.4 Å². The van der Waals surface area contributed by atoms with Gasteiger partial charge in [0.2, 0.25) is 5.95 Å². The van der Waals surface area contributed by atoms with Gasteiger partial charge in [0, 0.05) is 56.7 Å². The van der Waals surface area contributed by atoms with Crippen LogP contribution in [0.5, 0.6) is 5.75 Å². The van der Waals surface area contributed by atoms with Gasteiger partial charge in [-0.15, -0.1) is 4.90 Å². The van der Waals surface area contributed by atoms with Crippen LogP contribution in [-0.4, -0.2) is 71.1 Å². The van der Waals surface area contributed by atoms with Gasteiger partial charge in [0.15, 0.2) is 0 Å². The summed E-state index contributed by atoms with van der Waals surface area (Å²) < 4.78 is 37.1. The minimum atomic E-state index is -0.997. The molecule has 3 heterocycles. The van der Waals surface area contributed by atoms with E-state index in [1.165, 1.54) is 18.5 Å². The molecule has 1 aliphatic heterocycles. The molecule has 0 radical (unpaired) electrons. The largest absolute Gasteiger partial charge is 0.492 e. The monoisotopic (exact) mass is 652 g/mol. The van der Waals surface area contributed by atoms with Crippen molar-refractivity contribution in [1.82, 2.24) is 20.3 Å². The third kappa shape index (κ3) is 9.12. The van der Waals surface area contributed by atoms with Gasteiger partial charge >= 0.3 is 12.2 Å². The minimum Gasteiger partial charge on any atom is -0.492 e. The average Bonchev–Trinajstić information content (AvgIpc) is 3.47. The van der Waals surface area contributed by atoms with Crippen LogP contribution in [0.25, 0.3) is 11.3 Å². The SMILES string of the molecule is COCCCNC(=O)c1cccc(CNc2ncc(-c3ccnc(N(C(=O)OC(C)(C)C)C(=O)OC(C)(C)C)n3)c3c2CCO3)c1F. The van der Waals surface area contributed by atoms with Crippen LogP contribution in [0, 0.1) is 5.82 Å². The van der Waals surface area contributed by atoms with Crippen LogP contribution in [0.2, 0.25) is 0 Å². The van der Waals surface area contributed by atoms with Crippen LogP contribution < -0.4 is 20.3 Å². The first-order valence-corrected chi connectivity index (χ1v) is 15.2. The smallest absolute Gasteiger partial charge is 0.427 e. The molecule has 2 aromatic heterocycles. The van der Waals surface area contributed by atoms with Gasteiger partial charge in [0.25, 0.3) is 5.91 Å². The van der Waals surface area contributed by atoms with E-state index in [-0.39, 0.29) is 23.6 Å². The molecule has 1 aliphatic rings. The number of anilines is 2. The van der Waals surface area contributed by atoms with Gasteiger partial charge in [-0.3, -0.25) is 4.79 Å². The zero-order valence-electron chi connectivity index (χ0n) is 27.7. The second-order valence-corrected chi connectivity index (χ2v) is 12.7. The summed E-state index contributed by atoms with van der Waals surface area (Å²) in [5.74, 6) is -0.399. The maximum atomic E-state index is 15.3. The van der Waals surface area contributed by atoms with E-state index in [1.807, 2.05) is 0 Å². The summed E-state index contributed by atoms with van der Waals surface area (Å²) in [4.78, 5) is 52.7. The zero-order chi connectivity index (χ0) is 34.4. The number of fused-ring (bicyclic) bond motifs is 1. The molecule has 4 rings (SSSR count). The summed E-state index contributed by atoms with van der Waals surface area (Å²) in [5, 5.41) is 5.87. The number of nitrogens with zero attached hydrogens (tertiary/aromatic N) is 4. The molecule has 0 spiro atoms. The number of rotatable bonds is 10. The number of hydrogen-bond acceptors (Lipinski definition) is 11. The number of carbonyl (C=O) groups excluding carboxylic acids is 3. The fourth-order valence-corrected chi connectivity index (χ4v) is 4.57. The third-order valence-electron chi connectivity index (χ3n) is 6.58. The average molecular weight is 653 g/mol. The lowest BCUT2D eigenvalue weighted by atomic mass is 10.1. The maximum absolute atomic E-state index is 15.3. The molecule has 0 bridgehead atoms. The molecule has 0 aliphatic carbocycles. The number of halogens is 1. The standard InChI is InChI=1S/C33H41FN6O7/c1-32(2,3)46-30(42)40(31(43)47-33(4,5)6)29-36-15-12-24(39-29)23-19-38-27(22-13-17-45-26(22)23)37-18-20-10-8-11-21(25(20)34)28(41)35-14-9-16-44-7/h8,10-12,15,19H,9,13-14,16-18H2,1-7H3,(H,35,41)(H,37,38). The van der Waals surface area contributed by atoms with Gasteiger partial charge in [-0.1, -0.05) is 12.1 Å². The van der Waals surface area contributed by atoms with Gasteiger partial charge < -0.3 is 29.6 Å². The number of imide groups is 1. The highest BCUT2D eigenvalue weighted by Gasteiger charge is 2.35. The number of methoxy groups -OCH3 is 1. The van der Waals surface area contributed by atoms with Gasteiger partial charge in [-0.2, -0.15) is 0 Å². The molecular weight excluding hydrogens is 611 g/mol. The maximum Gasteiger partial charge on any atom is 0.427 e. The van der Waals surface area contributed by atoms with E-state index < -0.39 is 35.1 Å². The molecule has 2 N–H and O–H groups in total. The quantitative estimate of drug-likeness (QED) is 0.261. The van der Waals surface area contributed by atoms with Crippen LogP contribution in [0.3, 0.4) is 0 Å². The fraction of sp³-hybridized carbons (Fsp3) is 0.455. The molecule has 3 amide bonds. The molecule has 0 saturated heterocycles. The highest BCUT2D eigenvalue weighted by atomic mass is 19.1. The van der Waals surface area contributed by atoms with Gasteiger partial charge in [0.1, 0.15) is 28.6 Å². The number of aromatic nitrogens is 3. The number of carbonyl (C=O) groups is 3. The summed E-state index contributed by atoms with van der Waals surface area (Å²) in [6.45, 7) is 11.3. The van der Waals surface area contributed by atoms with Crippen molar-refractivity contribution in [3.05, 3.63) is 59.2 Å². The highest BCUT2D eigenvalue weighted by molar-refractivity contribution is 6.08. The van der Waals surface area contributed by atoms with Crippen LogP contribution in [0.15, 0.2) is 36.7 Å². The lowest BCUT2D eigenvalue weighted by Gasteiger charge is -2.27. The predicted octanol–water partition coefficient (Wildman–Crippen LogP) is 5.67. The lowest BCUT2D eigenvalue weighted by molar-refractivity contribution is 0.0427. The minimum absolute atomic E-state index is 0.0510. The van der Waals surface area contributed by atoms with Crippen molar-refractivity contribution in [2.24, 2.45) is 0 Å². The van der Waals surface area contributed by atoms with E-state index in [1.54, 1.807) is 66.9 Å². The molecule has 13 nitrogen and oxygen atoms in total. The second-order valence-electron chi connectivity index (χ2n) is 12.7. The molecule has 14 heteroatoms. The molecule has 0 fully saturated rings. The molecular formula is C33H41FN6O7. The Morgan fingerprint density at radius 2 is 1.72 bits per heavy atom. The van der Waals surface area contributed by atoms with Crippen molar-refractivity contribution < 1.29 is 37.7 Å². The number of hydrogen-bond donors (Lipinski definition) is 2. The molecule has 3 aromatic rings. The second kappa shape index (κ2) is 14.7. The van der Waals surface area contributed by atoms with E-state index in [2.05, 4.69) is 25.6 Å². The molecule has 0 atom stereocenters. The molecule has 1 aromatic carbocycles. The zero-order valence-corrected chi connectivity index (χ0v) is 27.7. The number of nitrogens with one attached hydrogen (secondary N) is 2. The van der Waals surface area contributed by atoms with E-state index >= 15 is 4.39 Å². The summed E-state index contributed by atoms with van der Waals surface area (Å²) in [7, 11) is 1.57. The van der Waals surface area contributed by atoms with Crippen LogP contribution >= 0.6 is 0 Å². The van der Waals surface area contributed by atoms with E-state index in [4.69, 9.17) is 18.9 Å². The highest BCUT2D eigenvalue weighted by Crippen LogP contribution is 2.39. The Morgan fingerprint density at radius 1 is 1.02 bits per heavy atom. The Bertz CT molecular complexity index is 1590. The van der Waals surface area contributed by atoms with Crippen molar-refractivity contribution in [2.45, 2.75) is 72.1 Å². The number of ether oxygens (including phenoxy) is 4. The lowest BCUT2D eigenvalue weighted by Crippen LogP contribution is -2.44. The first-order chi connectivity index (χ1) is 22.2. The predicted molar refractivity (Wildman–Crippen MR) is 172 cm³/mol. The van der Waals surface area contributed by atoms with Gasteiger partial charge in [-0.05, 0) is 60.1 Å². The summed E-state index contributed by atoms with van der Waals surface area (Å²) in [6.07, 6.45) is 2.07. The van der Waals surface area contributed by atoms with Crippen LogP contribution in [0.1, 0.15) is 69.4 Å². The first-order valence-electron chi connectivity index (χ1n) is 15.2. The Hall–Kier alpha value is -4.85. The molecule has 252 valence electrons. The fourth-order valence-electron chi connectivity index (χ4n) is 4.57. The van der Waals surface area contributed by atoms with Gasteiger partial charge in [0.05, 0.1) is 23.4 Å². The molecule has 47 heavy (non-hydrogen) atoms. The van der Waals surface area contributed by atoms with Crippen molar-refractivity contribution in [3.63, 3.8) is 0 Å². The number of benzene rings is 1. The number of pyridine rings is 1.